The highest BCUT2D eigenvalue weighted by Gasteiger charge is 2.18. The molecule has 30 heavy (non-hydrogen) atoms. The third-order valence-corrected chi connectivity index (χ3v) is 8.36. The van der Waals surface area contributed by atoms with Gasteiger partial charge in [-0.25, -0.2) is 5.43 Å². The SMILES string of the molecule is CCN(CC)c1ccc(/C=N\NC(=O)COc2ccc(C3SCCS3)cc2)cc1Br. The second kappa shape index (κ2) is 11.7. The van der Waals surface area contributed by atoms with E-state index in [0.717, 1.165) is 28.8 Å². The summed E-state index contributed by atoms with van der Waals surface area (Å²) in [5.74, 6) is 2.79. The number of nitrogens with zero attached hydrogens (tertiary/aromatic N) is 2. The van der Waals surface area contributed by atoms with E-state index in [-0.39, 0.29) is 12.5 Å². The van der Waals surface area contributed by atoms with Crippen LogP contribution < -0.4 is 15.1 Å². The maximum Gasteiger partial charge on any atom is 0.277 e. The van der Waals surface area contributed by atoms with Crippen LogP contribution in [0.5, 0.6) is 5.75 Å². The molecule has 1 saturated heterocycles. The number of hydrogen-bond donors (Lipinski definition) is 1. The minimum Gasteiger partial charge on any atom is -0.484 e. The topological polar surface area (TPSA) is 53.9 Å². The zero-order valence-corrected chi connectivity index (χ0v) is 20.4. The van der Waals surface area contributed by atoms with Gasteiger partial charge in [0.15, 0.2) is 6.61 Å². The van der Waals surface area contributed by atoms with Crippen LogP contribution in [-0.2, 0) is 4.79 Å². The van der Waals surface area contributed by atoms with Crippen LogP contribution >= 0.6 is 39.5 Å². The van der Waals surface area contributed by atoms with Crippen molar-refractivity contribution in [2.24, 2.45) is 5.10 Å². The van der Waals surface area contributed by atoms with Crippen molar-refractivity contribution in [2.75, 3.05) is 36.1 Å². The molecule has 160 valence electrons. The van der Waals surface area contributed by atoms with Crippen LogP contribution in [0.15, 0.2) is 52.0 Å². The van der Waals surface area contributed by atoms with Crippen molar-refractivity contribution in [1.29, 1.82) is 0 Å². The van der Waals surface area contributed by atoms with Crippen molar-refractivity contribution in [1.82, 2.24) is 5.43 Å². The number of halogens is 1. The van der Waals surface area contributed by atoms with Crippen molar-refractivity contribution >= 4 is 57.3 Å². The largest absolute Gasteiger partial charge is 0.484 e. The number of ether oxygens (including phenoxy) is 1. The molecule has 0 saturated carbocycles. The molecule has 0 aromatic heterocycles. The first kappa shape index (κ1) is 23.0. The zero-order valence-electron chi connectivity index (χ0n) is 17.1. The molecule has 0 atom stereocenters. The number of anilines is 1. The fourth-order valence-corrected chi connectivity index (χ4v) is 6.56. The molecule has 5 nitrogen and oxygen atoms in total. The average Bonchev–Trinajstić information content (AvgIpc) is 3.30. The Morgan fingerprint density at radius 3 is 2.53 bits per heavy atom. The van der Waals surface area contributed by atoms with Crippen molar-refractivity contribution in [3.05, 3.63) is 58.1 Å². The third kappa shape index (κ3) is 6.43. The van der Waals surface area contributed by atoms with E-state index < -0.39 is 0 Å². The molecular formula is C22H26BrN3O2S2. The van der Waals surface area contributed by atoms with Gasteiger partial charge in [-0.05, 0) is 65.2 Å². The normalized spacial score (nSPS) is 14.2. The van der Waals surface area contributed by atoms with Gasteiger partial charge in [-0.2, -0.15) is 5.10 Å². The van der Waals surface area contributed by atoms with Gasteiger partial charge in [0.05, 0.1) is 16.5 Å². The molecule has 1 heterocycles. The highest BCUT2D eigenvalue weighted by atomic mass is 79.9. The van der Waals surface area contributed by atoms with E-state index in [1.54, 1.807) is 6.21 Å². The van der Waals surface area contributed by atoms with Crippen molar-refractivity contribution in [2.45, 2.75) is 18.4 Å². The number of hydrazone groups is 1. The molecule has 1 aliphatic heterocycles. The zero-order chi connectivity index (χ0) is 21.3. The number of benzene rings is 2. The molecule has 0 spiro atoms. The molecule has 2 aromatic carbocycles. The van der Waals surface area contributed by atoms with Crippen LogP contribution in [0.2, 0.25) is 0 Å². The van der Waals surface area contributed by atoms with E-state index in [4.69, 9.17) is 4.74 Å². The van der Waals surface area contributed by atoms with Gasteiger partial charge >= 0.3 is 0 Å². The molecule has 0 bridgehead atoms. The number of hydrogen-bond acceptors (Lipinski definition) is 6. The van der Waals surface area contributed by atoms with Gasteiger partial charge in [-0.1, -0.05) is 18.2 Å². The van der Waals surface area contributed by atoms with Gasteiger partial charge in [0.25, 0.3) is 5.91 Å². The second-order valence-electron chi connectivity index (χ2n) is 6.61. The molecule has 0 unspecified atom stereocenters. The highest BCUT2D eigenvalue weighted by molar-refractivity contribution is 9.10. The summed E-state index contributed by atoms with van der Waals surface area (Å²) in [7, 11) is 0. The Balaban J connectivity index is 1.46. The Hall–Kier alpha value is -1.64. The smallest absolute Gasteiger partial charge is 0.277 e. The molecule has 0 aliphatic carbocycles. The van der Waals surface area contributed by atoms with Gasteiger partial charge in [-0.3, -0.25) is 4.79 Å². The predicted octanol–water partition coefficient (Wildman–Crippen LogP) is 5.30. The lowest BCUT2D eigenvalue weighted by Crippen LogP contribution is -2.24. The summed E-state index contributed by atoms with van der Waals surface area (Å²) < 4.78 is 7.08. The van der Waals surface area contributed by atoms with Gasteiger partial charge in [-0.15, -0.1) is 23.5 Å². The molecule has 2 aromatic rings. The Morgan fingerprint density at radius 2 is 1.90 bits per heavy atom. The van der Waals surface area contributed by atoms with Crippen LogP contribution in [0, 0.1) is 0 Å². The van der Waals surface area contributed by atoms with Crippen molar-refractivity contribution in [3.63, 3.8) is 0 Å². The van der Waals surface area contributed by atoms with Gasteiger partial charge < -0.3 is 9.64 Å². The van der Waals surface area contributed by atoms with Crippen LogP contribution in [0.4, 0.5) is 5.69 Å². The Bertz CT molecular complexity index is 867. The first-order valence-electron chi connectivity index (χ1n) is 9.93. The molecule has 1 fully saturated rings. The lowest BCUT2D eigenvalue weighted by Gasteiger charge is -2.22. The van der Waals surface area contributed by atoms with Crippen LogP contribution in [0.1, 0.15) is 29.6 Å². The van der Waals surface area contributed by atoms with Crippen LogP contribution in [-0.4, -0.2) is 43.3 Å². The summed E-state index contributed by atoms with van der Waals surface area (Å²) in [6.45, 7) is 6.07. The van der Waals surface area contributed by atoms with Gasteiger partial charge in [0, 0.05) is 29.1 Å². The molecule has 1 aliphatic rings. The first-order chi connectivity index (χ1) is 14.6. The summed E-state index contributed by atoms with van der Waals surface area (Å²) in [5.41, 5.74) is 5.85. The monoisotopic (exact) mass is 507 g/mol. The van der Waals surface area contributed by atoms with Crippen molar-refractivity contribution < 1.29 is 9.53 Å². The van der Waals surface area contributed by atoms with E-state index in [2.05, 4.69) is 63.4 Å². The van der Waals surface area contributed by atoms with Crippen LogP contribution in [0.3, 0.4) is 0 Å². The Labute approximate surface area is 195 Å². The van der Waals surface area contributed by atoms with E-state index in [1.807, 2.05) is 47.8 Å². The lowest BCUT2D eigenvalue weighted by atomic mass is 10.2. The maximum absolute atomic E-state index is 12.0. The Morgan fingerprint density at radius 1 is 1.20 bits per heavy atom. The number of rotatable bonds is 9. The molecular weight excluding hydrogens is 482 g/mol. The van der Waals surface area contributed by atoms with E-state index in [9.17, 15) is 4.79 Å². The van der Waals surface area contributed by atoms with E-state index in [0.29, 0.717) is 10.3 Å². The fraction of sp³-hybridized carbons (Fsp3) is 0.364. The van der Waals surface area contributed by atoms with Gasteiger partial charge in [0.2, 0.25) is 0 Å². The number of carbonyl (C=O) groups excluding carboxylic acids is 1. The minimum absolute atomic E-state index is 0.0752. The summed E-state index contributed by atoms with van der Waals surface area (Å²) in [4.78, 5) is 14.3. The van der Waals surface area contributed by atoms with E-state index in [1.165, 1.54) is 17.1 Å². The second-order valence-corrected chi connectivity index (χ2v) is 10.2. The number of nitrogens with one attached hydrogen (secondary N) is 1. The minimum atomic E-state index is -0.295. The quantitative estimate of drug-likeness (QED) is 0.368. The first-order valence-corrected chi connectivity index (χ1v) is 12.8. The standard InChI is InChI=1S/C22H26BrN3O2S2/c1-3-26(4-2)20-10-5-16(13-19(20)23)14-24-25-21(27)15-28-18-8-6-17(7-9-18)22-29-11-12-30-22/h5-10,13-14,22H,3-4,11-12,15H2,1-2H3,(H,25,27)/b24-14-. The van der Waals surface area contributed by atoms with Gasteiger partial charge in [0.1, 0.15) is 5.75 Å². The number of thioether (sulfide) groups is 2. The summed E-state index contributed by atoms with van der Waals surface area (Å²) in [6.07, 6.45) is 1.63. The fourth-order valence-electron chi connectivity index (χ4n) is 3.06. The maximum atomic E-state index is 12.0. The number of amides is 1. The van der Waals surface area contributed by atoms with Crippen LogP contribution in [0.25, 0.3) is 0 Å². The number of carbonyl (C=O) groups is 1. The van der Waals surface area contributed by atoms with Crippen molar-refractivity contribution in [3.8, 4) is 5.75 Å². The Kier molecular flexibility index (Phi) is 8.96. The molecule has 1 N–H and O–H groups in total. The summed E-state index contributed by atoms with van der Waals surface area (Å²) >= 11 is 7.55. The van der Waals surface area contributed by atoms with E-state index >= 15 is 0 Å². The third-order valence-electron chi connectivity index (χ3n) is 4.62. The highest BCUT2D eigenvalue weighted by Crippen LogP contribution is 2.45. The average molecular weight is 509 g/mol. The molecule has 3 rings (SSSR count). The lowest BCUT2D eigenvalue weighted by molar-refractivity contribution is -0.123. The molecule has 1 amide bonds. The summed E-state index contributed by atoms with van der Waals surface area (Å²) in [6, 6.07) is 14.0. The summed E-state index contributed by atoms with van der Waals surface area (Å²) in [5, 5.41) is 4.03. The molecule has 0 radical (unpaired) electrons. The molecule has 8 heteroatoms. The predicted molar refractivity (Wildman–Crippen MR) is 133 cm³/mol.